The van der Waals surface area contributed by atoms with Gasteiger partial charge < -0.3 is 0 Å². The first kappa shape index (κ1) is 10.7. The zero-order valence-corrected chi connectivity index (χ0v) is 9.90. The molecule has 3 rings (SSSR count). The molecule has 0 saturated heterocycles. The van der Waals surface area contributed by atoms with E-state index in [1.165, 1.54) is 0 Å². The molecule has 3 heteroatoms. The Bertz CT molecular complexity index is 670. The van der Waals surface area contributed by atoms with Crippen LogP contribution in [0.5, 0.6) is 0 Å². The molecule has 1 atom stereocenters. The summed E-state index contributed by atoms with van der Waals surface area (Å²) in [5, 5.41) is 8.42. The van der Waals surface area contributed by atoms with Crippen LogP contribution in [0.15, 0.2) is 67.3 Å². The third kappa shape index (κ3) is 1.70. The number of rotatable bonds is 3. The van der Waals surface area contributed by atoms with E-state index in [4.69, 9.17) is 0 Å². The summed E-state index contributed by atoms with van der Waals surface area (Å²) in [5.41, 5.74) is 3.08. The summed E-state index contributed by atoms with van der Waals surface area (Å²) in [5.74, 6) is 0. The number of nitrogens with zero attached hydrogens (tertiary/aromatic N) is 3. The van der Waals surface area contributed by atoms with Gasteiger partial charge in [-0.1, -0.05) is 53.8 Å². The zero-order chi connectivity index (χ0) is 12.4. The van der Waals surface area contributed by atoms with Gasteiger partial charge in [0.25, 0.3) is 0 Å². The van der Waals surface area contributed by atoms with Gasteiger partial charge in [0.1, 0.15) is 5.52 Å². The molecular formula is C15H13N3. The van der Waals surface area contributed by atoms with Crippen LogP contribution in [-0.2, 0) is 0 Å². The average Bonchev–Trinajstić information content (AvgIpc) is 2.85. The van der Waals surface area contributed by atoms with Gasteiger partial charge in [0.15, 0.2) is 0 Å². The van der Waals surface area contributed by atoms with Crippen molar-refractivity contribution in [2.24, 2.45) is 0 Å². The van der Waals surface area contributed by atoms with Gasteiger partial charge in [0.2, 0.25) is 0 Å². The number of fused-ring (bicyclic) bond motifs is 1. The number of para-hydroxylation sites is 1. The van der Waals surface area contributed by atoms with Crippen molar-refractivity contribution in [1.82, 2.24) is 15.0 Å². The van der Waals surface area contributed by atoms with E-state index >= 15 is 0 Å². The monoisotopic (exact) mass is 235 g/mol. The minimum atomic E-state index is 0.0126. The van der Waals surface area contributed by atoms with Crippen LogP contribution >= 0.6 is 0 Å². The summed E-state index contributed by atoms with van der Waals surface area (Å²) < 4.78 is 1.90. The Balaban J connectivity index is 2.15. The lowest BCUT2D eigenvalue weighted by atomic mass is 10.1. The van der Waals surface area contributed by atoms with E-state index in [9.17, 15) is 0 Å². The summed E-state index contributed by atoms with van der Waals surface area (Å²) in [6.07, 6.45) is 1.89. The summed E-state index contributed by atoms with van der Waals surface area (Å²) in [4.78, 5) is 0. The van der Waals surface area contributed by atoms with Crippen molar-refractivity contribution in [3.8, 4) is 0 Å². The number of allylic oxidation sites excluding steroid dienone is 1. The molecule has 0 amide bonds. The van der Waals surface area contributed by atoms with Crippen LogP contribution in [0.25, 0.3) is 11.0 Å². The van der Waals surface area contributed by atoms with E-state index in [1.807, 2.05) is 53.2 Å². The molecule has 0 saturated carbocycles. The maximum Gasteiger partial charge on any atom is 0.113 e. The Morgan fingerprint density at radius 1 is 1.00 bits per heavy atom. The molecule has 0 aliphatic rings. The lowest BCUT2D eigenvalue weighted by Gasteiger charge is -2.13. The molecular weight excluding hydrogens is 222 g/mol. The van der Waals surface area contributed by atoms with Crippen molar-refractivity contribution in [2.75, 3.05) is 0 Å². The van der Waals surface area contributed by atoms with Crippen LogP contribution in [0.2, 0.25) is 0 Å². The fourth-order valence-electron chi connectivity index (χ4n) is 2.12. The molecule has 0 fully saturated rings. The van der Waals surface area contributed by atoms with E-state index in [1.54, 1.807) is 0 Å². The van der Waals surface area contributed by atoms with Gasteiger partial charge in [-0.05, 0) is 17.7 Å². The Kier molecular flexibility index (Phi) is 2.65. The fraction of sp³-hybridized carbons (Fsp3) is 0.0667. The summed E-state index contributed by atoms with van der Waals surface area (Å²) >= 11 is 0. The molecule has 1 unspecified atom stereocenters. The molecule has 88 valence electrons. The Hall–Kier alpha value is -2.42. The highest BCUT2D eigenvalue weighted by Crippen LogP contribution is 2.22. The minimum Gasteiger partial charge on any atom is -0.233 e. The Labute approximate surface area is 105 Å². The predicted octanol–water partition coefficient (Wildman–Crippen LogP) is 3.21. The molecule has 3 aromatic rings. The van der Waals surface area contributed by atoms with Crippen LogP contribution in [0.3, 0.4) is 0 Å². The Morgan fingerprint density at radius 3 is 2.50 bits per heavy atom. The molecule has 0 aliphatic heterocycles. The van der Waals surface area contributed by atoms with Crippen LogP contribution in [-0.4, -0.2) is 15.0 Å². The first-order valence-corrected chi connectivity index (χ1v) is 5.87. The lowest BCUT2D eigenvalue weighted by molar-refractivity contribution is 0.604. The predicted molar refractivity (Wildman–Crippen MR) is 72.3 cm³/mol. The molecule has 2 aromatic carbocycles. The number of hydrogen-bond acceptors (Lipinski definition) is 2. The highest BCUT2D eigenvalue weighted by atomic mass is 15.4. The second-order valence-electron chi connectivity index (χ2n) is 4.11. The lowest BCUT2D eigenvalue weighted by Crippen LogP contribution is -2.09. The van der Waals surface area contributed by atoms with Gasteiger partial charge in [-0.15, -0.1) is 11.7 Å². The second-order valence-corrected chi connectivity index (χ2v) is 4.11. The van der Waals surface area contributed by atoms with Gasteiger partial charge in [0, 0.05) is 0 Å². The quantitative estimate of drug-likeness (QED) is 0.653. The normalized spacial score (nSPS) is 12.4. The molecule has 0 bridgehead atoms. The topological polar surface area (TPSA) is 30.7 Å². The van der Waals surface area contributed by atoms with Gasteiger partial charge in [-0.2, -0.15) is 0 Å². The largest absolute Gasteiger partial charge is 0.233 e. The maximum atomic E-state index is 4.24. The maximum absolute atomic E-state index is 4.24. The van der Waals surface area contributed by atoms with Crippen LogP contribution in [0.1, 0.15) is 11.6 Å². The smallest absolute Gasteiger partial charge is 0.113 e. The van der Waals surface area contributed by atoms with Crippen LogP contribution in [0, 0.1) is 0 Å². The zero-order valence-electron chi connectivity index (χ0n) is 9.90. The minimum absolute atomic E-state index is 0.0126. The van der Waals surface area contributed by atoms with Crippen LogP contribution in [0.4, 0.5) is 0 Å². The first-order valence-electron chi connectivity index (χ1n) is 5.87. The van der Waals surface area contributed by atoms with Gasteiger partial charge in [-0.25, -0.2) is 4.68 Å². The highest BCUT2D eigenvalue weighted by Gasteiger charge is 2.13. The molecule has 0 spiro atoms. The van der Waals surface area contributed by atoms with Crippen molar-refractivity contribution in [3.63, 3.8) is 0 Å². The number of benzene rings is 2. The molecule has 18 heavy (non-hydrogen) atoms. The molecule has 0 N–H and O–H groups in total. The van der Waals surface area contributed by atoms with Crippen LogP contribution < -0.4 is 0 Å². The van der Waals surface area contributed by atoms with E-state index in [2.05, 4.69) is 29.0 Å². The SMILES string of the molecule is C=CC(c1ccccc1)n1nnc2ccccc21. The molecule has 0 radical (unpaired) electrons. The second kappa shape index (κ2) is 4.45. The van der Waals surface area contributed by atoms with Gasteiger partial charge in [-0.3, -0.25) is 0 Å². The Morgan fingerprint density at radius 2 is 1.72 bits per heavy atom. The van der Waals surface area contributed by atoms with E-state index in [-0.39, 0.29) is 6.04 Å². The standard InChI is InChI=1S/C15H13N3/c1-2-14(12-8-4-3-5-9-12)18-15-11-7-6-10-13(15)16-17-18/h2-11,14H,1H2. The third-order valence-corrected chi connectivity index (χ3v) is 3.01. The number of aromatic nitrogens is 3. The average molecular weight is 235 g/mol. The number of hydrogen-bond donors (Lipinski definition) is 0. The first-order chi connectivity index (χ1) is 8.90. The van der Waals surface area contributed by atoms with Gasteiger partial charge in [0.05, 0.1) is 11.6 Å². The molecule has 1 heterocycles. The van der Waals surface area contributed by atoms with Crippen molar-refractivity contribution in [2.45, 2.75) is 6.04 Å². The van der Waals surface area contributed by atoms with Crippen molar-refractivity contribution >= 4 is 11.0 Å². The summed E-state index contributed by atoms with van der Waals surface area (Å²) in [7, 11) is 0. The summed E-state index contributed by atoms with van der Waals surface area (Å²) in [6.45, 7) is 3.91. The van der Waals surface area contributed by atoms with Crippen molar-refractivity contribution in [1.29, 1.82) is 0 Å². The summed E-state index contributed by atoms with van der Waals surface area (Å²) in [6, 6.07) is 18.1. The molecule has 1 aromatic heterocycles. The van der Waals surface area contributed by atoms with Gasteiger partial charge >= 0.3 is 0 Å². The van der Waals surface area contributed by atoms with E-state index in [0.29, 0.717) is 0 Å². The third-order valence-electron chi connectivity index (χ3n) is 3.01. The van der Waals surface area contributed by atoms with E-state index in [0.717, 1.165) is 16.6 Å². The fourth-order valence-corrected chi connectivity index (χ4v) is 2.12. The van der Waals surface area contributed by atoms with Crippen molar-refractivity contribution < 1.29 is 0 Å². The van der Waals surface area contributed by atoms with Crippen molar-refractivity contribution in [3.05, 3.63) is 72.8 Å². The highest BCUT2D eigenvalue weighted by molar-refractivity contribution is 5.74. The molecule has 3 nitrogen and oxygen atoms in total. The van der Waals surface area contributed by atoms with E-state index < -0.39 is 0 Å². The molecule has 0 aliphatic carbocycles.